The minimum Gasteiger partial charge on any atom is -0.449 e. The van der Waals surface area contributed by atoms with E-state index in [-0.39, 0.29) is 0 Å². The van der Waals surface area contributed by atoms with Crippen molar-refractivity contribution < 1.29 is 14.6 Å². The lowest BCUT2D eigenvalue weighted by molar-refractivity contribution is 0.144. The van der Waals surface area contributed by atoms with Crippen LogP contribution in [0, 0.1) is 0 Å². The van der Waals surface area contributed by atoms with Gasteiger partial charge in [-0.3, -0.25) is 0 Å². The molecule has 0 aliphatic heterocycles. The molecule has 2 aromatic carbocycles. The lowest BCUT2D eigenvalue weighted by atomic mass is 9.98. The molecule has 0 bridgehead atoms. The molecule has 25 heavy (non-hydrogen) atoms. The molecule has 0 unspecified atom stereocenters. The number of aryl methyl sites for hydroxylation is 1. The van der Waals surface area contributed by atoms with E-state index in [9.17, 15) is 4.79 Å². The maximum absolute atomic E-state index is 10.9. The first-order valence-corrected chi connectivity index (χ1v) is 9.30. The van der Waals surface area contributed by atoms with Crippen LogP contribution in [0.5, 0.6) is 5.75 Å². The van der Waals surface area contributed by atoms with Gasteiger partial charge in [-0.05, 0) is 36.1 Å². The molecular weight excluding hydrogens is 312 g/mol. The van der Waals surface area contributed by atoms with E-state index < -0.39 is 6.16 Å². The third-order valence-electron chi connectivity index (χ3n) is 4.40. The predicted molar refractivity (Wildman–Crippen MR) is 102 cm³/mol. The van der Waals surface area contributed by atoms with E-state index in [0.29, 0.717) is 5.75 Å². The summed E-state index contributed by atoms with van der Waals surface area (Å²) in [5.74, 6) is 0.391. The Balaban J connectivity index is 1.99. The van der Waals surface area contributed by atoms with Gasteiger partial charge in [-0.2, -0.15) is 0 Å². The molecule has 2 rings (SSSR count). The number of hydrogen-bond acceptors (Lipinski definition) is 2. The predicted octanol–water partition coefficient (Wildman–Crippen LogP) is 6.70. The second-order valence-corrected chi connectivity index (χ2v) is 6.44. The molecule has 0 aromatic heterocycles. The summed E-state index contributed by atoms with van der Waals surface area (Å²) in [6.45, 7) is 2.24. The number of benzene rings is 2. The number of rotatable bonds is 10. The van der Waals surface area contributed by atoms with Crippen LogP contribution in [0.3, 0.4) is 0 Å². The molecule has 3 nitrogen and oxygen atoms in total. The maximum Gasteiger partial charge on any atom is 0.511 e. The number of carboxylic acid groups (broad SMARTS) is 1. The molecule has 3 heteroatoms. The maximum atomic E-state index is 10.9. The van der Waals surface area contributed by atoms with Gasteiger partial charge in [-0.25, -0.2) is 4.79 Å². The average Bonchev–Trinajstić information content (AvgIpc) is 2.62. The molecule has 0 fully saturated rings. The number of unbranched alkanes of at least 4 members (excludes halogenated alkanes) is 6. The molecule has 0 aliphatic carbocycles. The summed E-state index contributed by atoms with van der Waals surface area (Å²) in [5.41, 5.74) is 3.04. The number of hydrogen-bond donors (Lipinski definition) is 1. The van der Waals surface area contributed by atoms with E-state index in [2.05, 4.69) is 13.0 Å². The smallest absolute Gasteiger partial charge is 0.449 e. The van der Waals surface area contributed by atoms with Crippen LogP contribution in [0.15, 0.2) is 48.5 Å². The standard InChI is InChI=1S/C22H28O3/c1-2-3-4-5-6-7-9-12-18-15-16-21(25-22(23)24)20(17-18)19-13-10-8-11-14-19/h8,10-11,13-17H,2-7,9,12H2,1H3,(H,23,24). The average molecular weight is 340 g/mol. The van der Waals surface area contributed by atoms with E-state index in [0.717, 1.165) is 17.5 Å². The van der Waals surface area contributed by atoms with Crippen LogP contribution in [0.25, 0.3) is 11.1 Å². The Kier molecular flexibility index (Phi) is 8.03. The lowest BCUT2D eigenvalue weighted by Crippen LogP contribution is -2.04. The summed E-state index contributed by atoms with van der Waals surface area (Å²) in [6.07, 6.45) is 8.74. The van der Waals surface area contributed by atoms with Crippen LogP contribution >= 0.6 is 0 Å². The Morgan fingerprint density at radius 1 is 0.920 bits per heavy atom. The Morgan fingerprint density at radius 2 is 1.60 bits per heavy atom. The van der Waals surface area contributed by atoms with Gasteiger partial charge in [-0.1, -0.05) is 81.8 Å². The van der Waals surface area contributed by atoms with Crippen molar-refractivity contribution in [1.29, 1.82) is 0 Å². The molecule has 0 amide bonds. The quantitative estimate of drug-likeness (QED) is 0.297. The molecule has 0 saturated heterocycles. The molecular formula is C22H28O3. The first-order chi connectivity index (χ1) is 12.2. The Morgan fingerprint density at radius 3 is 2.28 bits per heavy atom. The molecule has 0 heterocycles. The van der Waals surface area contributed by atoms with Crippen LogP contribution in [-0.4, -0.2) is 11.3 Å². The van der Waals surface area contributed by atoms with Crippen LogP contribution < -0.4 is 4.74 Å². The molecule has 2 aromatic rings. The summed E-state index contributed by atoms with van der Waals surface area (Å²) in [5, 5.41) is 8.95. The van der Waals surface area contributed by atoms with Gasteiger partial charge in [-0.15, -0.1) is 0 Å². The largest absolute Gasteiger partial charge is 0.511 e. The van der Waals surface area contributed by atoms with Gasteiger partial charge in [0.05, 0.1) is 0 Å². The second kappa shape index (κ2) is 10.5. The zero-order chi connectivity index (χ0) is 17.9. The van der Waals surface area contributed by atoms with Crippen molar-refractivity contribution in [3.05, 3.63) is 54.1 Å². The normalized spacial score (nSPS) is 10.6. The molecule has 134 valence electrons. The van der Waals surface area contributed by atoms with Gasteiger partial charge in [0, 0.05) is 5.56 Å². The molecule has 1 N–H and O–H groups in total. The minimum atomic E-state index is -1.28. The highest BCUT2D eigenvalue weighted by molar-refractivity contribution is 5.74. The van der Waals surface area contributed by atoms with Gasteiger partial charge in [0.1, 0.15) is 5.75 Å². The van der Waals surface area contributed by atoms with Gasteiger partial charge in [0.25, 0.3) is 0 Å². The minimum absolute atomic E-state index is 0.391. The third kappa shape index (κ3) is 6.61. The molecule has 0 aliphatic rings. The summed E-state index contributed by atoms with van der Waals surface area (Å²) in [7, 11) is 0. The zero-order valence-corrected chi connectivity index (χ0v) is 15.0. The highest BCUT2D eigenvalue weighted by Crippen LogP contribution is 2.31. The van der Waals surface area contributed by atoms with Gasteiger partial charge in [0.2, 0.25) is 0 Å². The molecule has 0 atom stereocenters. The van der Waals surface area contributed by atoms with E-state index in [1.165, 1.54) is 50.5 Å². The first kappa shape index (κ1) is 19.0. The van der Waals surface area contributed by atoms with Crippen molar-refractivity contribution in [1.82, 2.24) is 0 Å². The Hall–Kier alpha value is -2.29. The summed E-state index contributed by atoms with van der Waals surface area (Å²) < 4.78 is 4.95. The Bertz CT molecular complexity index is 650. The van der Waals surface area contributed by atoms with Gasteiger partial charge < -0.3 is 9.84 Å². The fourth-order valence-electron chi connectivity index (χ4n) is 3.05. The summed E-state index contributed by atoms with van der Waals surface area (Å²) in [6, 6.07) is 15.6. The van der Waals surface area contributed by atoms with Crippen LogP contribution in [0.1, 0.15) is 57.4 Å². The van der Waals surface area contributed by atoms with Crippen molar-refractivity contribution in [2.45, 2.75) is 58.3 Å². The van der Waals surface area contributed by atoms with E-state index in [1.807, 2.05) is 36.4 Å². The van der Waals surface area contributed by atoms with Crippen molar-refractivity contribution in [2.24, 2.45) is 0 Å². The number of ether oxygens (including phenoxy) is 1. The van der Waals surface area contributed by atoms with Crippen molar-refractivity contribution in [3.63, 3.8) is 0 Å². The number of carbonyl (C=O) groups is 1. The van der Waals surface area contributed by atoms with Gasteiger partial charge in [0.15, 0.2) is 0 Å². The van der Waals surface area contributed by atoms with Crippen molar-refractivity contribution in [2.75, 3.05) is 0 Å². The van der Waals surface area contributed by atoms with E-state index in [4.69, 9.17) is 9.84 Å². The SMILES string of the molecule is CCCCCCCCCc1ccc(OC(=O)O)c(-c2ccccc2)c1. The van der Waals surface area contributed by atoms with Crippen LogP contribution in [0.2, 0.25) is 0 Å². The summed E-state index contributed by atoms with van der Waals surface area (Å²) in [4.78, 5) is 10.9. The highest BCUT2D eigenvalue weighted by atomic mass is 16.7. The second-order valence-electron chi connectivity index (χ2n) is 6.44. The monoisotopic (exact) mass is 340 g/mol. The lowest BCUT2D eigenvalue weighted by Gasteiger charge is -2.11. The van der Waals surface area contributed by atoms with Gasteiger partial charge >= 0.3 is 6.16 Å². The fourth-order valence-corrected chi connectivity index (χ4v) is 3.05. The zero-order valence-electron chi connectivity index (χ0n) is 15.0. The molecule has 0 saturated carbocycles. The topological polar surface area (TPSA) is 46.5 Å². The van der Waals surface area contributed by atoms with Crippen LogP contribution in [0.4, 0.5) is 4.79 Å². The first-order valence-electron chi connectivity index (χ1n) is 9.30. The third-order valence-corrected chi connectivity index (χ3v) is 4.40. The Labute approximate surface area is 150 Å². The van der Waals surface area contributed by atoms with E-state index >= 15 is 0 Å². The highest BCUT2D eigenvalue weighted by Gasteiger charge is 2.11. The molecule has 0 spiro atoms. The van der Waals surface area contributed by atoms with Crippen molar-refractivity contribution in [3.8, 4) is 16.9 Å². The van der Waals surface area contributed by atoms with Crippen molar-refractivity contribution >= 4 is 6.16 Å². The fraction of sp³-hybridized carbons (Fsp3) is 0.409. The molecule has 0 radical (unpaired) electrons. The van der Waals surface area contributed by atoms with Crippen LogP contribution in [-0.2, 0) is 6.42 Å². The van der Waals surface area contributed by atoms with E-state index in [1.54, 1.807) is 6.07 Å². The summed E-state index contributed by atoms with van der Waals surface area (Å²) >= 11 is 0.